The molecule has 0 atom stereocenters. The van der Waals surface area contributed by atoms with Crippen molar-refractivity contribution in [3.63, 3.8) is 0 Å². The number of hydrogen-bond acceptors (Lipinski definition) is 5. The molecule has 0 fully saturated rings. The van der Waals surface area contributed by atoms with Crippen molar-refractivity contribution in [3.05, 3.63) is 41.9 Å². The summed E-state index contributed by atoms with van der Waals surface area (Å²) in [7, 11) is 0. The summed E-state index contributed by atoms with van der Waals surface area (Å²) < 4.78 is 5.59. The first kappa shape index (κ1) is 13.1. The maximum Gasteiger partial charge on any atom is 0.142 e. The third kappa shape index (κ3) is 3.84. The SMILES string of the molecule is Cc1cc(NCCOc2ccccc2N)nc(C)n1. The number of anilines is 2. The van der Waals surface area contributed by atoms with Gasteiger partial charge in [0.1, 0.15) is 24.0 Å². The summed E-state index contributed by atoms with van der Waals surface area (Å²) in [6.45, 7) is 5.00. The monoisotopic (exact) mass is 258 g/mol. The molecule has 0 bridgehead atoms. The highest BCUT2D eigenvalue weighted by Crippen LogP contribution is 2.19. The molecule has 100 valence electrons. The van der Waals surface area contributed by atoms with E-state index in [0.29, 0.717) is 24.6 Å². The number of ether oxygens (including phenoxy) is 1. The summed E-state index contributed by atoms with van der Waals surface area (Å²) in [4.78, 5) is 8.52. The van der Waals surface area contributed by atoms with E-state index in [1.807, 2.05) is 44.2 Å². The van der Waals surface area contributed by atoms with Gasteiger partial charge < -0.3 is 15.8 Å². The molecule has 0 saturated heterocycles. The third-order valence-electron chi connectivity index (χ3n) is 2.55. The van der Waals surface area contributed by atoms with E-state index in [4.69, 9.17) is 10.5 Å². The van der Waals surface area contributed by atoms with Crippen molar-refractivity contribution in [3.8, 4) is 5.75 Å². The van der Waals surface area contributed by atoms with Gasteiger partial charge in [0.05, 0.1) is 12.2 Å². The molecular weight excluding hydrogens is 240 g/mol. The van der Waals surface area contributed by atoms with Gasteiger partial charge in [-0.05, 0) is 26.0 Å². The first-order valence-corrected chi connectivity index (χ1v) is 6.18. The fourth-order valence-electron chi connectivity index (χ4n) is 1.76. The van der Waals surface area contributed by atoms with Crippen molar-refractivity contribution in [1.29, 1.82) is 0 Å². The lowest BCUT2D eigenvalue weighted by atomic mass is 10.3. The number of nitrogens with two attached hydrogens (primary N) is 1. The van der Waals surface area contributed by atoms with Crippen LogP contribution in [0, 0.1) is 13.8 Å². The van der Waals surface area contributed by atoms with Gasteiger partial charge in [0, 0.05) is 11.8 Å². The molecule has 0 unspecified atom stereocenters. The van der Waals surface area contributed by atoms with E-state index in [0.717, 1.165) is 17.3 Å². The van der Waals surface area contributed by atoms with Crippen LogP contribution in [0.15, 0.2) is 30.3 Å². The van der Waals surface area contributed by atoms with Gasteiger partial charge in [-0.15, -0.1) is 0 Å². The number of nitrogens with one attached hydrogen (secondary N) is 1. The van der Waals surface area contributed by atoms with Crippen LogP contribution < -0.4 is 15.8 Å². The lowest BCUT2D eigenvalue weighted by Crippen LogP contribution is -2.13. The predicted octanol–water partition coefficient (Wildman–Crippen LogP) is 2.17. The van der Waals surface area contributed by atoms with Gasteiger partial charge in [-0.2, -0.15) is 0 Å². The Kier molecular flexibility index (Phi) is 4.18. The Morgan fingerprint density at radius 2 is 2.00 bits per heavy atom. The van der Waals surface area contributed by atoms with E-state index in [9.17, 15) is 0 Å². The molecule has 0 aliphatic heterocycles. The molecule has 0 aliphatic rings. The summed E-state index contributed by atoms with van der Waals surface area (Å²) in [5.74, 6) is 2.28. The van der Waals surface area contributed by atoms with E-state index < -0.39 is 0 Å². The Bertz CT molecular complexity index is 537. The Morgan fingerprint density at radius 1 is 1.21 bits per heavy atom. The topological polar surface area (TPSA) is 73.1 Å². The Morgan fingerprint density at radius 3 is 2.74 bits per heavy atom. The molecule has 0 radical (unpaired) electrons. The van der Waals surface area contributed by atoms with Crippen LogP contribution in [0.2, 0.25) is 0 Å². The van der Waals surface area contributed by atoms with E-state index in [1.165, 1.54) is 0 Å². The molecule has 1 aromatic carbocycles. The van der Waals surface area contributed by atoms with Crippen LogP contribution in [-0.4, -0.2) is 23.1 Å². The van der Waals surface area contributed by atoms with Crippen molar-refractivity contribution in [2.75, 3.05) is 24.2 Å². The number of hydrogen-bond donors (Lipinski definition) is 2. The third-order valence-corrected chi connectivity index (χ3v) is 2.55. The Labute approximate surface area is 112 Å². The van der Waals surface area contributed by atoms with Gasteiger partial charge in [0.25, 0.3) is 0 Å². The smallest absolute Gasteiger partial charge is 0.142 e. The minimum Gasteiger partial charge on any atom is -0.490 e. The molecule has 5 nitrogen and oxygen atoms in total. The van der Waals surface area contributed by atoms with E-state index in [2.05, 4.69) is 15.3 Å². The summed E-state index contributed by atoms with van der Waals surface area (Å²) in [6.07, 6.45) is 0. The van der Waals surface area contributed by atoms with Gasteiger partial charge in [-0.25, -0.2) is 9.97 Å². The minimum atomic E-state index is 0.524. The molecule has 1 heterocycles. The second-order valence-corrected chi connectivity index (χ2v) is 4.25. The second-order valence-electron chi connectivity index (χ2n) is 4.25. The van der Waals surface area contributed by atoms with Gasteiger partial charge in [0.2, 0.25) is 0 Å². The maximum absolute atomic E-state index is 5.79. The van der Waals surface area contributed by atoms with Gasteiger partial charge in [-0.1, -0.05) is 12.1 Å². The van der Waals surface area contributed by atoms with Gasteiger partial charge in [0.15, 0.2) is 0 Å². The Hall–Kier alpha value is -2.30. The van der Waals surface area contributed by atoms with Crippen LogP contribution in [0.3, 0.4) is 0 Å². The first-order chi connectivity index (χ1) is 9.15. The van der Waals surface area contributed by atoms with Crippen molar-refractivity contribution in [2.45, 2.75) is 13.8 Å². The quantitative estimate of drug-likeness (QED) is 0.635. The molecule has 0 saturated carbocycles. The molecule has 2 aromatic rings. The number of nitrogen functional groups attached to an aromatic ring is 1. The van der Waals surface area contributed by atoms with Crippen LogP contribution in [0.1, 0.15) is 11.5 Å². The van der Waals surface area contributed by atoms with Crippen molar-refractivity contribution in [1.82, 2.24) is 9.97 Å². The molecule has 0 spiro atoms. The number of aryl methyl sites for hydroxylation is 2. The number of aromatic nitrogens is 2. The summed E-state index contributed by atoms with van der Waals surface area (Å²) in [5, 5.41) is 3.20. The zero-order chi connectivity index (χ0) is 13.7. The van der Waals surface area contributed by atoms with Crippen LogP contribution >= 0.6 is 0 Å². The van der Waals surface area contributed by atoms with Gasteiger partial charge >= 0.3 is 0 Å². The van der Waals surface area contributed by atoms with Crippen LogP contribution in [0.25, 0.3) is 0 Å². The molecule has 3 N–H and O–H groups in total. The van der Waals surface area contributed by atoms with E-state index >= 15 is 0 Å². The Balaban J connectivity index is 1.82. The standard InChI is InChI=1S/C14H18N4O/c1-10-9-14(18-11(2)17-10)16-7-8-19-13-6-4-3-5-12(13)15/h3-6,9H,7-8,15H2,1-2H3,(H,16,17,18). The number of rotatable bonds is 5. The normalized spacial score (nSPS) is 10.2. The van der Waals surface area contributed by atoms with E-state index in [-0.39, 0.29) is 0 Å². The average molecular weight is 258 g/mol. The van der Waals surface area contributed by atoms with Crippen molar-refractivity contribution in [2.24, 2.45) is 0 Å². The lowest BCUT2D eigenvalue weighted by molar-refractivity contribution is 0.334. The van der Waals surface area contributed by atoms with Crippen LogP contribution in [-0.2, 0) is 0 Å². The van der Waals surface area contributed by atoms with Gasteiger partial charge in [-0.3, -0.25) is 0 Å². The maximum atomic E-state index is 5.79. The molecule has 5 heteroatoms. The molecule has 2 rings (SSSR count). The molecule has 19 heavy (non-hydrogen) atoms. The predicted molar refractivity (Wildman–Crippen MR) is 76.3 cm³/mol. The average Bonchev–Trinajstić information content (AvgIpc) is 2.35. The zero-order valence-electron chi connectivity index (χ0n) is 11.2. The second kappa shape index (κ2) is 6.04. The van der Waals surface area contributed by atoms with Crippen LogP contribution in [0.5, 0.6) is 5.75 Å². The fourth-order valence-corrected chi connectivity index (χ4v) is 1.76. The lowest BCUT2D eigenvalue weighted by Gasteiger charge is -2.10. The van der Waals surface area contributed by atoms with Crippen molar-refractivity contribution < 1.29 is 4.74 Å². The van der Waals surface area contributed by atoms with E-state index in [1.54, 1.807) is 0 Å². The highest BCUT2D eigenvalue weighted by molar-refractivity contribution is 5.51. The summed E-state index contributed by atoms with van der Waals surface area (Å²) in [5.41, 5.74) is 7.38. The molecule has 0 amide bonds. The fraction of sp³-hybridized carbons (Fsp3) is 0.286. The number of benzene rings is 1. The minimum absolute atomic E-state index is 0.524. The summed E-state index contributed by atoms with van der Waals surface area (Å²) >= 11 is 0. The molecular formula is C14H18N4O. The van der Waals surface area contributed by atoms with Crippen LogP contribution in [0.4, 0.5) is 11.5 Å². The largest absolute Gasteiger partial charge is 0.490 e. The molecule has 1 aromatic heterocycles. The highest BCUT2D eigenvalue weighted by Gasteiger charge is 2.00. The first-order valence-electron chi connectivity index (χ1n) is 6.18. The summed E-state index contributed by atoms with van der Waals surface area (Å²) in [6, 6.07) is 9.36. The number of para-hydroxylation sites is 2. The van der Waals surface area contributed by atoms with Crippen molar-refractivity contribution >= 4 is 11.5 Å². The highest BCUT2D eigenvalue weighted by atomic mass is 16.5. The molecule has 0 aliphatic carbocycles. The number of nitrogens with zero attached hydrogens (tertiary/aromatic N) is 2. The zero-order valence-corrected chi connectivity index (χ0v) is 11.2.